The van der Waals surface area contributed by atoms with Gasteiger partial charge in [0.15, 0.2) is 0 Å². The third kappa shape index (κ3) is 4.50. The van der Waals surface area contributed by atoms with Crippen LogP contribution in [0.2, 0.25) is 0 Å². The van der Waals surface area contributed by atoms with E-state index in [0.29, 0.717) is 31.8 Å². The number of nitrogens with one attached hydrogen (secondary N) is 1. The van der Waals surface area contributed by atoms with Crippen LogP contribution in [0.3, 0.4) is 0 Å². The van der Waals surface area contributed by atoms with Crippen molar-refractivity contribution in [3.8, 4) is 6.07 Å². The Balaban J connectivity index is 1.60. The molecule has 1 aromatic carbocycles. The molecule has 7 heteroatoms. The second kappa shape index (κ2) is 8.41. The first kappa shape index (κ1) is 19.8. The SMILES string of the molecule is CC1CCCC(NC(=O)C2CCN(S(=O)(=O)c3ccccc3C#N)CC2)C1. The van der Waals surface area contributed by atoms with Crippen molar-refractivity contribution in [3.05, 3.63) is 29.8 Å². The molecule has 2 unspecified atom stereocenters. The lowest BCUT2D eigenvalue weighted by atomic mass is 9.86. The number of piperidine rings is 1. The van der Waals surface area contributed by atoms with Gasteiger partial charge in [-0.2, -0.15) is 9.57 Å². The van der Waals surface area contributed by atoms with Crippen molar-refractivity contribution in [1.82, 2.24) is 9.62 Å². The average Bonchev–Trinajstić information content (AvgIpc) is 2.68. The highest BCUT2D eigenvalue weighted by Gasteiger charge is 2.34. The zero-order valence-corrected chi connectivity index (χ0v) is 16.5. The Morgan fingerprint density at radius 2 is 1.89 bits per heavy atom. The first-order chi connectivity index (χ1) is 12.9. The lowest BCUT2D eigenvalue weighted by Gasteiger charge is -2.33. The predicted octanol–water partition coefficient (Wildman–Crippen LogP) is 2.65. The number of nitriles is 1. The van der Waals surface area contributed by atoms with Crippen LogP contribution in [-0.4, -0.2) is 37.8 Å². The minimum Gasteiger partial charge on any atom is -0.353 e. The Morgan fingerprint density at radius 3 is 2.56 bits per heavy atom. The number of amides is 1. The Labute approximate surface area is 161 Å². The van der Waals surface area contributed by atoms with Crippen molar-refractivity contribution in [1.29, 1.82) is 5.26 Å². The highest BCUT2D eigenvalue weighted by molar-refractivity contribution is 7.89. The van der Waals surface area contributed by atoms with Crippen LogP contribution < -0.4 is 5.32 Å². The van der Waals surface area contributed by atoms with Crippen LogP contribution in [0.4, 0.5) is 0 Å². The lowest BCUT2D eigenvalue weighted by Crippen LogP contribution is -2.46. The molecule has 1 saturated heterocycles. The number of rotatable bonds is 4. The lowest BCUT2D eigenvalue weighted by molar-refractivity contribution is -0.127. The molecule has 1 aliphatic carbocycles. The van der Waals surface area contributed by atoms with Crippen molar-refractivity contribution >= 4 is 15.9 Å². The van der Waals surface area contributed by atoms with Crippen LogP contribution in [-0.2, 0) is 14.8 Å². The quantitative estimate of drug-likeness (QED) is 0.857. The first-order valence-corrected chi connectivity index (χ1v) is 11.2. The Morgan fingerprint density at radius 1 is 1.19 bits per heavy atom. The van der Waals surface area contributed by atoms with Gasteiger partial charge in [0.05, 0.1) is 10.5 Å². The summed E-state index contributed by atoms with van der Waals surface area (Å²) in [5.41, 5.74) is 0.156. The molecule has 2 fully saturated rings. The van der Waals surface area contributed by atoms with Gasteiger partial charge in [0.2, 0.25) is 15.9 Å². The normalized spacial score (nSPS) is 24.9. The van der Waals surface area contributed by atoms with Gasteiger partial charge in [0, 0.05) is 25.0 Å². The first-order valence-electron chi connectivity index (χ1n) is 9.71. The molecule has 1 heterocycles. The minimum absolute atomic E-state index is 0.0478. The summed E-state index contributed by atoms with van der Waals surface area (Å²) in [5, 5.41) is 12.4. The van der Waals surface area contributed by atoms with Gasteiger partial charge in [-0.25, -0.2) is 8.42 Å². The van der Waals surface area contributed by atoms with Crippen LogP contribution in [0, 0.1) is 23.2 Å². The van der Waals surface area contributed by atoms with Crippen molar-refractivity contribution in [3.63, 3.8) is 0 Å². The van der Waals surface area contributed by atoms with E-state index in [-0.39, 0.29) is 28.3 Å². The maximum Gasteiger partial charge on any atom is 0.244 e. The van der Waals surface area contributed by atoms with Gasteiger partial charge in [-0.1, -0.05) is 31.9 Å². The molecule has 0 spiro atoms. The third-order valence-electron chi connectivity index (χ3n) is 5.73. The zero-order valence-electron chi connectivity index (χ0n) is 15.7. The molecule has 1 aliphatic heterocycles. The van der Waals surface area contributed by atoms with E-state index in [0.717, 1.165) is 19.3 Å². The standard InChI is InChI=1S/C20H27N3O3S/c1-15-5-4-7-18(13-15)22-20(24)16-9-11-23(12-10-16)27(25,26)19-8-3-2-6-17(19)14-21/h2-3,6,8,15-16,18H,4-5,7,9-13H2,1H3,(H,22,24). The Kier molecular flexibility index (Phi) is 6.18. The van der Waals surface area contributed by atoms with Crippen LogP contribution >= 0.6 is 0 Å². The summed E-state index contributed by atoms with van der Waals surface area (Å²) < 4.78 is 27.1. The number of nitrogens with zero attached hydrogens (tertiary/aromatic N) is 2. The molecule has 2 aliphatic rings. The fourth-order valence-electron chi connectivity index (χ4n) is 4.17. The maximum atomic E-state index is 12.9. The summed E-state index contributed by atoms with van der Waals surface area (Å²) in [7, 11) is -3.71. The fourth-order valence-corrected chi connectivity index (χ4v) is 5.78. The van der Waals surface area contributed by atoms with Crippen LogP contribution in [0.15, 0.2) is 29.2 Å². The van der Waals surface area contributed by atoms with E-state index in [2.05, 4.69) is 12.2 Å². The number of hydrogen-bond acceptors (Lipinski definition) is 4. The van der Waals surface area contributed by atoms with E-state index in [1.807, 2.05) is 6.07 Å². The second-order valence-electron chi connectivity index (χ2n) is 7.76. The van der Waals surface area contributed by atoms with Gasteiger partial charge in [-0.15, -0.1) is 0 Å². The summed E-state index contributed by atoms with van der Waals surface area (Å²) in [6.07, 6.45) is 5.48. The van der Waals surface area contributed by atoms with Crippen molar-refractivity contribution in [2.45, 2.75) is 56.4 Å². The number of carbonyl (C=O) groups is 1. The van der Waals surface area contributed by atoms with E-state index in [1.165, 1.54) is 22.9 Å². The fraction of sp³-hybridized carbons (Fsp3) is 0.600. The number of sulfonamides is 1. The molecule has 1 amide bonds. The molecule has 1 saturated carbocycles. The number of benzene rings is 1. The molecule has 1 aromatic rings. The van der Waals surface area contributed by atoms with Gasteiger partial charge >= 0.3 is 0 Å². The molecular weight excluding hydrogens is 362 g/mol. The van der Waals surface area contributed by atoms with Crippen molar-refractivity contribution in [2.75, 3.05) is 13.1 Å². The van der Waals surface area contributed by atoms with Crippen LogP contribution in [0.1, 0.15) is 51.0 Å². The van der Waals surface area contributed by atoms with Crippen LogP contribution in [0.5, 0.6) is 0 Å². The topological polar surface area (TPSA) is 90.3 Å². The number of carbonyl (C=O) groups excluding carboxylic acids is 1. The Bertz CT molecular complexity index is 823. The minimum atomic E-state index is -3.71. The summed E-state index contributed by atoms with van der Waals surface area (Å²) >= 11 is 0. The molecule has 2 atom stereocenters. The highest BCUT2D eigenvalue weighted by atomic mass is 32.2. The summed E-state index contributed by atoms with van der Waals surface area (Å²) in [6, 6.07) is 8.46. The van der Waals surface area contributed by atoms with E-state index < -0.39 is 10.0 Å². The maximum absolute atomic E-state index is 12.9. The molecule has 1 N–H and O–H groups in total. The summed E-state index contributed by atoms with van der Waals surface area (Å²) in [4.78, 5) is 12.6. The van der Waals surface area contributed by atoms with Gasteiger partial charge in [-0.05, 0) is 43.7 Å². The largest absolute Gasteiger partial charge is 0.353 e. The molecule has 0 bridgehead atoms. The second-order valence-corrected chi connectivity index (χ2v) is 9.67. The Hall–Kier alpha value is -1.91. The monoisotopic (exact) mass is 389 g/mol. The van der Waals surface area contributed by atoms with Crippen LogP contribution in [0.25, 0.3) is 0 Å². The molecule has 146 valence electrons. The summed E-state index contributed by atoms with van der Waals surface area (Å²) in [6.45, 7) is 2.84. The van der Waals surface area contributed by atoms with E-state index in [9.17, 15) is 18.5 Å². The number of hydrogen-bond donors (Lipinski definition) is 1. The van der Waals surface area contributed by atoms with Gasteiger partial charge in [0.25, 0.3) is 0 Å². The van der Waals surface area contributed by atoms with E-state index in [1.54, 1.807) is 12.1 Å². The zero-order chi connectivity index (χ0) is 19.4. The highest BCUT2D eigenvalue weighted by Crippen LogP contribution is 2.27. The molecule has 6 nitrogen and oxygen atoms in total. The molecular formula is C20H27N3O3S. The summed E-state index contributed by atoms with van der Waals surface area (Å²) in [5.74, 6) is 0.569. The third-order valence-corrected chi connectivity index (χ3v) is 7.69. The van der Waals surface area contributed by atoms with Crippen molar-refractivity contribution in [2.24, 2.45) is 11.8 Å². The average molecular weight is 390 g/mol. The molecule has 0 aromatic heterocycles. The van der Waals surface area contributed by atoms with Gasteiger partial charge in [0.1, 0.15) is 6.07 Å². The smallest absolute Gasteiger partial charge is 0.244 e. The predicted molar refractivity (Wildman–Crippen MR) is 102 cm³/mol. The van der Waals surface area contributed by atoms with E-state index in [4.69, 9.17) is 0 Å². The van der Waals surface area contributed by atoms with Gasteiger partial charge in [-0.3, -0.25) is 4.79 Å². The van der Waals surface area contributed by atoms with Crippen molar-refractivity contribution < 1.29 is 13.2 Å². The molecule has 3 rings (SSSR count). The molecule has 0 radical (unpaired) electrons. The molecule has 27 heavy (non-hydrogen) atoms. The van der Waals surface area contributed by atoms with Gasteiger partial charge < -0.3 is 5.32 Å². The van der Waals surface area contributed by atoms with E-state index >= 15 is 0 Å².